The second-order valence-electron chi connectivity index (χ2n) is 7.06. The van der Waals surface area contributed by atoms with Gasteiger partial charge in [-0.3, -0.25) is 20.2 Å². The van der Waals surface area contributed by atoms with Gasteiger partial charge in [0.1, 0.15) is 23.2 Å². The fourth-order valence-electron chi connectivity index (χ4n) is 3.04. The number of nitro benzene ring substituents is 1. The highest BCUT2D eigenvalue weighted by molar-refractivity contribution is 7.15. The molecule has 0 atom stereocenters. The largest absolute Gasteiger partial charge is 0.457 e. The van der Waals surface area contributed by atoms with Gasteiger partial charge in [0.15, 0.2) is 5.13 Å². The molecule has 0 saturated carbocycles. The van der Waals surface area contributed by atoms with Crippen LogP contribution in [0, 0.1) is 21.4 Å². The molecule has 2 aromatic carbocycles. The SMILES string of the molecule is N#C/C(=C\c1ccc(-c2ccc([N+](=O)[O-])cc2)o1)C(=O)Nc1ncc(Cc2ccc(Cl)cc2)s1. The summed E-state index contributed by atoms with van der Waals surface area (Å²) in [6, 6.07) is 18.5. The number of nitriles is 1. The molecule has 0 aliphatic carbocycles. The van der Waals surface area contributed by atoms with Crippen LogP contribution in [0.25, 0.3) is 17.4 Å². The molecular formula is C24H15ClN4O4S. The number of furan rings is 1. The number of aromatic nitrogens is 1. The van der Waals surface area contributed by atoms with E-state index >= 15 is 0 Å². The van der Waals surface area contributed by atoms with E-state index < -0.39 is 10.8 Å². The van der Waals surface area contributed by atoms with Crippen molar-refractivity contribution in [3.8, 4) is 17.4 Å². The third kappa shape index (κ3) is 5.56. The van der Waals surface area contributed by atoms with Crippen LogP contribution in [0.4, 0.5) is 10.8 Å². The first-order chi connectivity index (χ1) is 16.4. The maximum absolute atomic E-state index is 12.6. The number of hydrogen-bond donors (Lipinski definition) is 1. The monoisotopic (exact) mass is 490 g/mol. The fourth-order valence-corrected chi connectivity index (χ4v) is 4.01. The number of nitrogens with zero attached hydrogens (tertiary/aromatic N) is 3. The summed E-state index contributed by atoms with van der Waals surface area (Å²) in [6.07, 6.45) is 3.64. The second kappa shape index (κ2) is 10.1. The van der Waals surface area contributed by atoms with Gasteiger partial charge in [0.05, 0.1) is 4.92 Å². The van der Waals surface area contributed by atoms with Crippen LogP contribution >= 0.6 is 22.9 Å². The topological polar surface area (TPSA) is 122 Å². The summed E-state index contributed by atoms with van der Waals surface area (Å²) in [4.78, 5) is 28.0. The van der Waals surface area contributed by atoms with E-state index in [0.29, 0.717) is 33.7 Å². The summed E-state index contributed by atoms with van der Waals surface area (Å²) in [5.74, 6) is 0.136. The number of carbonyl (C=O) groups is 1. The number of nitrogens with one attached hydrogen (secondary N) is 1. The van der Waals surface area contributed by atoms with Gasteiger partial charge in [-0.1, -0.05) is 23.7 Å². The lowest BCUT2D eigenvalue weighted by Gasteiger charge is -2.00. The molecular weight excluding hydrogens is 476 g/mol. The number of non-ortho nitro benzene ring substituents is 1. The molecule has 2 heterocycles. The highest BCUT2D eigenvalue weighted by Gasteiger charge is 2.14. The summed E-state index contributed by atoms with van der Waals surface area (Å²) in [5, 5.41) is 23.9. The Morgan fingerprint density at radius 2 is 1.91 bits per heavy atom. The first-order valence-corrected chi connectivity index (χ1v) is 11.1. The summed E-state index contributed by atoms with van der Waals surface area (Å²) in [6.45, 7) is 0. The van der Waals surface area contributed by atoms with E-state index in [-0.39, 0.29) is 11.3 Å². The van der Waals surface area contributed by atoms with Crippen LogP contribution in [0.1, 0.15) is 16.2 Å². The lowest BCUT2D eigenvalue weighted by atomic mass is 10.1. The molecule has 4 rings (SSSR count). The van der Waals surface area contributed by atoms with Gasteiger partial charge >= 0.3 is 0 Å². The zero-order valence-electron chi connectivity index (χ0n) is 17.4. The molecule has 8 nitrogen and oxygen atoms in total. The number of halogens is 1. The summed E-state index contributed by atoms with van der Waals surface area (Å²) >= 11 is 7.22. The molecule has 0 spiro atoms. The van der Waals surface area contributed by atoms with Gasteiger partial charge in [0, 0.05) is 46.3 Å². The number of anilines is 1. The van der Waals surface area contributed by atoms with Crippen LogP contribution in [-0.2, 0) is 11.2 Å². The number of amides is 1. The Hall–Kier alpha value is -4.26. The molecule has 0 aliphatic heterocycles. The van der Waals surface area contributed by atoms with E-state index in [2.05, 4.69) is 10.3 Å². The number of hydrogen-bond acceptors (Lipinski definition) is 7. The molecule has 4 aromatic rings. The van der Waals surface area contributed by atoms with Crippen LogP contribution in [-0.4, -0.2) is 15.8 Å². The van der Waals surface area contributed by atoms with E-state index in [9.17, 15) is 20.2 Å². The molecule has 0 saturated heterocycles. The summed E-state index contributed by atoms with van der Waals surface area (Å²) < 4.78 is 5.68. The first-order valence-electron chi connectivity index (χ1n) is 9.88. The smallest absolute Gasteiger partial charge is 0.269 e. The average molecular weight is 491 g/mol. The molecule has 0 bridgehead atoms. The van der Waals surface area contributed by atoms with Gasteiger partial charge in [0.2, 0.25) is 0 Å². The van der Waals surface area contributed by atoms with E-state index in [1.807, 2.05) is 30.3 Å². The normalized spacial score (nSPS) is 11.1. The summed E-state index contributed by atoms with van der Waals surface area (Å²) in [7, 11) is 0. The second-order valence-corrected chi connectivity index (χ2v) is 8.62. The van der Waals surface area contributed by atoms with Crippen molar-refractivity contribution in [2.24, 2.45) is 0 Å². The van der Waals surface area contributed by atoms with Gasteiger partial charge in [-0.05, 0) is 42.0 Å². The molecule has 0 fully saturated rings. The molecule has 0 radical (unpaired) electrons. The quantitative estimate of drug-likeness (QED) is 0.144. The van der Waals surface area contributed by atoms with Gasteiger partial charge in [-0.2, -0.15) is 5.26 Å². The molecule has 1 N–H and O–H groups in total. The van der Waals surface area contributed by atoms with Gasteiger partial charge in [-0.15, -0.1) is 11.3 Å². The lowest BCUT2D eigenvalue weighted by molar-refractivity contribution is -0.384. The third-order valence-electron chi connectivity index (χ3n) is 4.71. The van der Waals surface area contributed by atoms with Crippen molar-refractivity contribution in [1.82, 2.24) is 4.98 Å². The molecule has 168 valence electrons. The van der Waals surface area contributed by atoms with E-state index in [4.69, 9.17) is 16.0 Å². The van der Waals surface area contributed by atoms with Crippen LogP contribution < -0.4 is 5.32 Å². The van der Waals surface area contributed by atoms with Crippen LogP contribution in [0.5, 0.6) is 0 Å². The number of rotatable bonds is 7. The minimum atomic E-state index is -0.608. The zero-order chi connectivity index (χ0) is 24.1. The standard InChI is InChI=1S/C24H15ClN4O4S/c25-18-5-1-15(2-6-18)11-21-14-27-24(34-21)28-23(30)17(13-26)12-20-9-10-22(33-20)16-3-7-19(8-4-16)29(31)32/h1-10,12,14H,11H2,(H,27,28,30)/b17-12+. The Balaban J connectivity index is 1.43. The minimum absolute atomic E-state index is 0.0302. The lowest BCUT2D eigenvalue weighted by Crippen LogP contribution is -2.13. The van der Waals surface area contributed by atoms with E-state index in [0.717, 1.165) is 10.4 Å². The Labute approximate surface area is 202 Å². The minimum Gasteiger partial charge on any atom is -0.457 e. The number of nitro groups is 1. The van der Waals surface area contributed by atoms with Gasteiger partial charge in [-0.25, -0.2) is 4.98 Å². The highest BCUT2D eigenvalue weighted by atomic mass is 35.5. The van der Waals surface area contributed by atoms with Gasteiger partial charge < -0.3 is 4.42 Å². The van der Waals surface area contributed by atoms with Crippen molar-refractivity contribution in [3.05, 3.63) is 104 Å². The Morgan fingerprint density at radius 1 is 1.18 bits per heavy atom. The number of benzene rings is 2. The first kappa shape index (κ1) is 22.9. The maximum Gasteiger partial charge on any atom is 0.269 e. The third-order valence-corrected chi connectivity index (χ3v) is 5.87. The number of carbonyl (C=O) groups excluding carboxylic acids is 1. The Morgan fingerprint density at radius 3 is 2.59 bits per heavy atom. The summed E-state index contributed by atoms with van der Waals surface area (Å²) in [5.41, 5.74) is 1.51. The van der Waals surface area contributed by atoms with Crippen LogP contribution in [0.15, 0.2) is 76.9 Å². The molecule has 34 heavy (non-hydrogen) atoms. The molecule has 2 aromatic heterocycles. The fraction of sp³-hybridized carbons (Fsp3) is 0.0417. The maximum atomic E-state index is 12.6. The Kier molecular flexibility index (Phi) is 6.82. The zero-order valence-corrected chi connectivity index (χ0v) is 19.0. The molecule has 10 heteroatoms. The van der Waals surface area contributed by atoms with Crippen molar-refractivity contribution in [3.63, 3.8) is 0 Å². The molecule has 1 amide bonds. The van der Waals surface area contributed by atoms with Crippen molar-refractivity contribution in [2.45, 2.75) is 6.42 Å². The van der Waals surface area contributed by atoms with E-state index in [1.54, 1.807) is 30.5 Å². The predicted molar refractivity (Wildman–Crippen MR) is 129 cm³/mol. The average Bonchev–Trinajstić information content (AvgIpc) is 3.48. The van der Waals surface area contributed by atoms with E-state index in [1.165, 1.54) is 29.5 Å². The van der Waals surface area contributed by atoms with Crippen LogP contribution in [0.2, 0.25) is 5.02 Å². The Bertz CT molecular complexity index is 1420. The number of thiazole rings is 1. The highest BCUT2D eigenvalue weighted by Crippen LogP contribution is 2.26. The molecule has 0 aliphatic rings. The van der Waals surface area contributed by atoms with Crippen molar-refractivity contribution in [2.75, 3.05) is 5.32 Å². The van der Waals surface area contributed by atoms with Crippen molar-refractivity contribution < 1.29 is 14.1 Å². The van der Waals surface area contributed by atoms with Crippen molar-refractivity contribution in [1.29, 1.82) is 5.26 Å². The van der Waals surface area contributed by atoms with Crippen LogP contribution in [0.3, 0.4) is 0 Å². The van der Waals surface area contributed by atoms with Gasteiger partial charge in [0.25, 0.3) is 11.6 Å². The van der Waals surface area contributed by atoms with Crippen molar-refractivity contribution >= 4 is 45.7 Å². The predicted octanol–water partition coefficient (Wildman–Crippen LogP) is 6.10. The molecule has 0 unspecified atom stereocenters.